The lowest BCUT2D eigenvalue weighted by Gasteiger charge is -2.16. The third kappa shape index (κ3) is 10.1. The standard InChI is InChI=1S/C24H27ClN2O4.C4H10O/c1-16-14-21-19(8-9-22(27-21)26-10-3-11-31-13-12-30-2)24(20(16)15-23(28)29)17-4-6-18(25)7-5-17;1-4(2,3)5/h4-9,14H,3,10-13,15H2,1-2H3,(H,26,27)(H,28,29);5H,1-3H3. The van der Waals surface area contributed by atoms with Crippen molar-refractivity contribution in [3.05, 3.63) is 58.6 Å². The number of aliphatic hydroxyl groups is 1. The Hall–Kier alpha value is -2.71. The molecule has 7 nitrogen and oxygen atoms in total. The summed E-state index contributed by atoms with van der Waals surface area (Å²) in [5.41, 5.74) is 3.82. The fraction of sp³-hybridized carbons (Fsp3) is 0.429. The number of nitrogens with one attached hydrogen (secondary N) is 1. The Morgan fingerprint density at radius 2 is 1.75 bits per heavy atom. The first-order valence-corrected chi connectivity index (χ1v) is 12.3. The van der Waals surface area contributed by atoms with Crippen LogP contribution in [0.1, 0.15) is 38.3 Å². The van der Waals surface area contributed by atoms with Gasteiger partial charge in [0, 0.05) is 30.7 Å². The second-order valence-electron chi connectivity index (χ2n) is 9.44. The van der Waals surface area contributed by atoms with Crippen molar-refractivity contribution in [2.45, 2.75) is 46.1 Å². The molecular formula is C28H37ClN2O5. The molecule has 0 aliphatic rings. The van der Waals surface area contributed by atoms with E-state index in [1.807, 2.05) is 49.4 Å². The zero-order valence-corrected chi connectivity index (χ0v) is 22.5. The summed E-state index contributed by atoms with van der Waals surface area (Å²) in [4.78, 5) is 16.3. The molecule has 36 heavy (non-hydrogen) atoms. The van der Waals surface area contributed by atoms with Crippen LogP contribution < -0.4 is 5.32 Å². The molecule has 3 N–H and O–H groups in total. The van der Waals surface area contributed by atoms with E-state index < -0.39 is 11.6 Å². The number of nitrogens with zero attached hydrogens (tertiary/aromatic N) is 1. The van der Waals surface area contributed by atoms with Crippen LogP contribution in [0.4, 0.5) is 5.82 Å². The Kier molecular flexibility index (Phi) is 11.6. The lowest BCUT2D eigenvalue weighted by molar-refractivity contribution is -0.136. The molecule has 0 amide bonds. The summed E-state index contributed by atoms with van der Waals surface area (Å²) in [6.07, 6.45) is 0.804. The van der Waals surface area contributed by atoms with Gasteiger partial charge < -0.3 is 25.0 Å². The largest absolute Gasteiger partial charge is 0.481 e. The van der Waals surface area contributed by atoms with Crippen LogP contribution in [-0.2, 0) is 20.7 Å². The normalized spacial score (nSPS) is 11.2. The summed E-state index contributed by atoms with van der Waals surface area (Å²) in [6.45, 7) is 9.74. The van der Waals surface area contributed by atoms with Gasteiger partial charge in [0.15, 0.2) is 0 Å². The van der Waals surface area contributed by atoms with Gasteiger partial charge in [-0.05, 0) is 86.7 Å². The van der Waals surface area contributed by atoms with Crippen molar-refractivity contribution in [2.24, 2.45) is 0 Å². The van der Waals surface area contributed by atoms with Crippen molar-refractivity contribution in [3.8, 4) is 11.1 Å². The number of carbonyl (C=O) groups is 1. The van der Waals surface area contributed by atoms with E-state index in [1.54, 1.807) is 27.9 Å². The van der Waals surface area contributed by atoms with E-state index in [-0.39, 0.29) is 6.42 Å². The Bertz CT molecular complexity index is 1120. The average molecular weight is 517 g/mol. The number of aryl methyl sites for hydroxylation is 1. The number of pyridine rings is 1. The van der Waals surface area contributed by atoms with E-state index in [1.165, 1.54) is 0 Å². The first kappa shape index (κ1) is 29.5. The number of benzene rings is 2. The topological polar surface area (TPSA) is 101 Å². The molecular weight excluding hydrogens is 480 g/mol. The first-order valence-electron chi connectivity index (χ1n) is 11.9. The molecule has 0 unspecified atom stereocenters. The highest BCUT2D eigenvalue weighted by Gasteiger charge is 2.17. The van der Waals surface area contributed by atoms with E-state index in [9.17, 15) is 9.90 Å². The lowest BCUT2D eigenvalue weighted by atomic mass is 9.90. The van der Waals surface area contributed by atoms with Crippen LogP contribution in [-0.4, -0.2) is 60.2 Å². The van der Waals surface area contributed by atoms with Crippen LogP contribution in [0, 0.1) is 6.92 Å². The van der Waals surface area contributed by atoms with Crippen LogP contribution >= 0.6 is 11.6 Å². The fourth-order valence-electron chi connectivity index (χ4n) is 3.51. The molecule has 1 heterocycles. The van der Waals surface area contributed by atoms with Gasteiger partial charge in [0.2, 0.25) is 0 Å². The molecule has 0 fully saturated rings. The smallest absolute Gasteiger partial charge is 0.307 e. The van der Waals surface area contributed by atoms with Crippen LogP contribution in [0.15, 0.2) is 42.5 Å². The lowest BCUT2D eigenvalue weighted by Crippen LogP contribution is -2.10. The van der Waals surface area contributed by atoms with Crippen LogP contribution in [0.25, 0.3) is 22.0 Å². The van der Waals surface area contributed by atoms with Crippen molar-refractivity contribution in [2.75, 3.05) is 38.8 Å². The van der Waals surface area contributed by atoms with Crippen molar-refractivity contribution < 1.29 is 24.5 Å². The molecule has 0 atom stereocenters. The van der Waals surface area contributed by atoms with E-state index in [0.29, 0.717) is 24.8 Å². The molecule has 3 aromatic rings. The summed E-state index contributed by atoms with van der Waals surface area (Å²) in [6, 6.07) is 13.3. The molecule has 8 heteroatoms. The zero-order chi connectivity index (χ0) is 26.7. The number of methoxy groups -OCH3 is 1. The van der Waals surface area contributed by atoms with Crippen molar-refractivity contribution >= 4 is 34.3 Å². The molecule has 0 bridgehead atoms. The van der Waals surface area contributed by atoms with Crippen LogP contribution in [0.5, 0.6) is 0 Å². The monoisotopic (exact) mass is 516 g/mol. The SMILES string of the molecule is CC(C)(C)O.COCCOCCCNc1ccc2c(-c3ccc(Cl)cc3)c(CC(=O)O)c(C)cc2n1. The maximum absolute atomic E-state index is 11.5. The van der Waals surface area contributed by atoms with Crippen LogP contribution in [0.2, 0.25) is 5.02 Å². The highest BCUT2D eigenvalue weighted by atomic mass is 35.5. The molecule has 0 saturated carbocycles. The minimum Gasteiger partial charge on any atom is -0.481 e. The number of halogens is 1. The van der Waals surface area contributed by atoms with Crippen LogP contribution in [0.3, 0.4) is 0 Å². The second kappa shape index (κ2) is 14.1. The Balaban J connectivity index is 0.000000830. The molecule has 0 radical (unpaired) electrons. The number of rotatable bonds is 11. The highest BCUT2D eigenvalue weighted by molar-refractivity contribution is 6.30. The van der Waals surface area contributed by atoms with Gasteiger partial charge in [-0.2, -0.15) is 0 Å². The number of aromatic nitrogens is 1. The third-order valence-electron chi connectivity index (χ3n) is 4.99. The molecule has 0 spiro atoms. The summed E-state index contributed by atoms with van der Waals surface area (Å²) in [5.74, 6) is -0.0894. The maximum Gasteiger partial charge on any atom is 0.307 e. The summed E-state index contributed by atoms with van der Waals surface area (Å²) >= 11 is 6.06. The molecule has 1 aromatic heterocycles. The van der Waals surface area contributed by atoms with Gasteiger partial charge in [0.05, 0.1) is 30.8 Å². The number of fused-ring (bicyclic) bond motifs is 1. The molecule has 0 aliphatic carbocycles. The second-order valence-corrected chi connectivity index (χ2v) is 9.88. The van der Waals surface area contributed by atoms with Crippen molar-refractivity contribution in [3.63, 3.8) is 0 Å². The third-order valence-corrected chi connectivity index (χ3v) is 5.24. The van der Waals surface area contributed by atoms with E-state index in [0.717, 1.165) is 51.9 Å². The fourth-order valence-corrected chi connectivity index (χ4v) is 3.63. The van der Waals surface area contributed by atoms with Gasteiger partial charge in [0.25, 0.3) is 0 Å². The summed E-state index contributed by atoms with van der Waals surface area (Å²) in [7, 11) is 1.65. The van der Waals surface area contributed by atoms with E-state index in [2.05, 4.69) is 5.32 Å². The maximum atomic E-state index is 11.5. The van der Waals surface area contributed by atoms with Crippen molar-refractivity contribution in [1.29, 1.82) is 0 Å². The molecule has 0 saturated heterocycles. The minimum absolute atomic E-state index is 0.0528. The number of hydrogen-bond donors (Lipinski definition) is 3. The van der Waals surface area contributed by atoms with Gasteiger partial charge in [-0.1, -0.05) is 23.7 Å². The Labute approximate surface area is 218 Å². The predicted molar refractivity (Wildman–Crippen MR) is 146 cm³/mol. The Morgan fingerprint density at radius 1 is 1.08 bits per heavy atom. The molecule has 2 aromatic carbocycles. The van der Waals surface area contributed by atoms with Gasteiger partial charge >= 0.3 is 5.97 Å². The molecule has 0 aliphatic heterocycles. The molecule has 196 valence electrons. The number of anilines is 1. The summed E-state index contributed by atoms with van der Waals surface area (Å²) < 4.78 is 10.4. The number of hydrogen-bond acceptors (Lipinski definition) is 6. The predicted octanol–water partition coefficient (Wildman–Crippen LogP) is 5.73. The van der Waals surface area contributed by atoms with Crippen molar-refractivity contribution in [1.82, 2.24) is 4.98 Å². The first-order chi connectivity index (χ1) is 17.0. The average Bonchev–Trinajstić information content (AvgIpc) is 2.78. The number of ether oxygens (including phenoxy) is 2. The van der Waals surface area contributed by atoms with E-state index >= 15 is 0 Å². The quantitative estimate of drug-likeness (QED) is 0.280. The number of carboxylic acids is 1. The van der Waals surface area contributed by atoms with Gasteiger partial charge in [-0.25, -0.2) is 4.98 Å². The van der Waals surface area contributed by atoms with Gasteiger partial charge in [-0.3, -0.25) is 4.79 Å². The zero-order valence-electron chi connectivity index (χ0n) is 21.7. The number of aliphatic carboxylic acids is 1. The minimum atomic E-state index is -0.864. The van der Waals surface area contributed by atoms with E-state index in [4.69, 9.17) is 31.2 Å². The molecule has 3 rings (SSSR count). The highest BCUT2D eigenvalue weighted by Crippen LogP contribution is 2.35. The number of carboxylic acid groups (broad SMARTS) is 1. The summed E-state index contributed by atoms with van der Waals surface area (Å²) in [5, 5.41) is 22.8. The van der Waals surface area contributed by atoms with Gasteiger partial charge in [0.1, 0.15) is 5.82 Å². The van der Waals surface area contributed by atoms with Gasteiger partial charge in [-0.15, -0.1) is 0 Å². The Morgan fingerprint density at radius 3 is 2.36 bits per heavy atom.